The number of aromatic nitrogens is 2. The van der Waals surface area contributed by atoms with Gasteiger partial charge in [0.15, 0.2) is 0 Å². The maximum Gasteiger partial charge on any atom is 0.131 e. The minimum absolute atomic E-state index is 0.432. The molecule has 1 saturated carbocycles. The molecule has 0 spiro atoms. The van der Waals surface area contributed by atoms with Gasteiger partial charge in [-0.1, -0.05) is 20.8 Å². The maximum absolute atomic E-state index is 5.77. The zero-order valence-corrected chi connectivity index (χ0v) is 13.7. The van der Waals surface area contributed by atoms with Crippen LogP contribution in [0.4, 0.5) is 0 Å². The summed E-state index contributed by atoms with van der Waals surface area (Å²) in [5.41, 5.74) is 9.43. The number of nitrogens with two attached hydrogens (primary N) is 1. The molecule has 2 rings (SSSR count). The maximum atomic E-state index is 5.77. The molecule has 0 aliphatic heterocycles. The van der Waals surface area contributed by atoms with Gasteiger partial charge in [-0.15, -0.1) is 0 Å². The van der Waals surface area contributed by atoms with Gasteiger partial charge in [0.25, 0.3) is 0 Å². The fraction of sp³-hybridized carbons (Fsp3) is 0.765. The Balaban J connectivity index is 2.11. The zero-order valence-electron chi connectivity index (χ0n) is 13.7. The van der Waals surface area contributed by atoms with Crippen molar-refractivity contribution in [2.75, 3.05) is 0 Å². The largest absolute Gasteiger partial charge is 0.326 e. The van der Waals surface area contributed by atoms with E-state index in [0.29, 0.717) is 17.9 Å². The van der Waals surface area contributed by atoms with Crippen molar-refractivity contribution < 1.29 is 0 Å². The Labute approximate surface area is 123 Å². The third-order valence-corrected chi connectivity index (χ3v) is 4.96. The fourth-order valence-electron chi connectivity index (χ4n) is 3.46. The summed E-state index contributed by atoms with van der Waals surface area (Å²) in [4.78, 5) is 9.45. The predicted octanol–water partition coefficient (Wildman–Crippen LogP) is 3.87. The lowest BCUT2D eigenvalue weighted by atomic mass is 9.69. The third-order valence-electron chi connectivity index (χ3n) is 4.96. The Kier molecular flexibility index (Phi) is 4.48. The standard InChI is InChI=1S/C17H29N3/c1-11-15(10-18)12(2)20-16(19-11)13-6-8-14(9-7-13)17(3,4)5/h13-14H,6-10,18H2,1-5H3. The molecule has 1 aliphatic rings. The van der Waals surface area contributed by atoms with Crippen molar-refractivity contribution in [1.29, 1.82) is 0 Å². The van der Waals surface area contributed by atoms with Gasteiger partial charge < -0.3 is 5.73 Å². The van der Waals surface area contributed by atoms with Crippen molar-refractivity contribution in [3.05, 3.63) is 22.8 Å². The topological polar surface area (TPSA) is 51.8 Å². The Morgan fingerprint density at radius 3 is 1.90 bits per heavy atom. The van der Waals surface area contributed by atoms with E-state index in [9.17, 15) is 0 Å². The Morgan fingerprint density at radius 1 is 1.00 bits per heavy atom. The molecule has 1 aromatic rings. The number of nitrogens with zero attached hydrogens (tertiary/aromatic N) is 2. The van der Waals surface area contributed by atoms with Crippen LogP contribution in [-0.4, -0.2) is 9.97 Å². The molecule has 1 heterocycles. The van der Waals surface area contributed by atoms with Crippen LogP contribution in [0.1, 0.15) is 75.1 Å². The first-order valence-electron chi connectivity index (χ1n) is 7.87. The van der Waals surface area contributed by atoms with Crippen molar-refractivity contribution in [3.8, 4) is 0 Å². The van der Waals surface area contributed by atoms with Crippen molar-refractivity contribution >= 4 is 0 Å². The highest BCUT2D eigenvalue weighted by atomic mass is 14.9. The Morgan fingerprint density at radius 2 is 1.50 bits per heavy atom. The SMILES string of the molecule is Cc1nc(C2CCC(C(C)(C)C)CC2)nc(C)c1CN. The summed E-state index contributed by atoms with van der Waals surface area (Å²) in [6, 6.07) is 0. The van der Waals surface area contributed by atoms with Gasteiger partial charge in [0.2, 0.25) is 0 Å². The van der Waals surface area contributed by atoms with Gasteiger partial charge in [-0.05, 0) is 50.9 Å². The summed E-state index contributed by atoms with van der Waals surface area (Å²) in [6.45, 7) is 11.7. The van der Waals surface area contributed by atoms with Gasteiger partial charge in [0.1, 0.15) is 5.82 Å². The van der Waals surface area contributed by atoms with Crippen molar-refractivity contribution in [2.24, 2.45) is 17.1 Å². The summed E-state index contributed by atoms with van der Waals surface area (Å²) in [5, 5.41) is 0. The van der Waals surface area contributed by atoms with Crippen molar-refractivity contribution in [1.82, 2.24) is 9.97 Å². The summed E-state index contributed by atoms with van der Waals surface area (Å²) >= 11 is 0. The number of rotatable bonds is 2. The highest BCUT2D eigenvalue weighted by molar-refractivity contribution is 5.25. The molecule has 1 fully saturated rings. The first-order chi connectivity index (χ1) is 9.32. The van der Waals surface area contributed by atoms with Gasteiger partial charge >= 0.3 is 0 Å². The highest BCUT2D eigenvalue weighted by Crippen LogP contribution is 2.42. The van der Waals surface area contributed by atoms with Crippen LogP contribution in [0.15, 0.2) is 0 Å². The van der Waals surface area contributed by atoms with Gasteiger partial charge in [-0.25, -0.2) is 9.97 Å². The second-order valence-electron chi connectivity index (χ2n) is 7.35. The van der Waals surface area contributed by atoms with Gasteiger partial charge in [0, 0.05) is 29.4 Å². The van der Waals surface area contributed by atoms with Crippen LogP contribution in [0, 0.1) is 25.2 Å². The molecular formula is C17H29N3. The molecule has 0 unspecified atom stereocenters. The average Bonchev–Trinajstić information content (AvgIpc) is 2.37. The highest BCUT2D eigenvalue weighted by Gasteiger charge is 2.31. The number of aryl methyl sites for hydroxylation is 2. The van der Waals surface area contributed by atoms with E-state index in [4.69, 9.17) is 15.7 Å². The van der Waals surface area contributed by atoms with Crippen molar-refractivity contribution in [2.45, 2.75) is 72.8 Å². The van der Waals surface area contributed by atoms with Gasteiger partial charge in [-0.3, -0.25) is 0 Å². The quantitative estimate of drug-likeness (QED) is 0.891. The van der Waals surface area contributed by atoms with E-state index < -0.39 is 0 Å². The van der Waals surface area contributed by atoms with E-state index >= 15 is 0 Å². The van der Waals surface area contributed by atoms with Gasteiger partial charge in [-0.2, -0.15) is 0 Å². The molecule has 0 aromatic carbocycles. The van der Waals surface area contributed by atoms with Crippen LogP contribution < -0.4 is 5.73 Å². The minimum Gasteiger partial charge on any atom is -0.326 e. The summed E-state index contributed by atoms with van der Waals surface area (Å²) in [7, 11) is 0. The van der Waals surface area contributed by atoms with E-state index in [1.54, 1.807) is 0 Å². The smallest absolute Gasteiger partial charge is 0.131 e. The zero-order chi connectivity index (χ0) is 14.9. The molecule has 20 heavy (non-hydrogen) atoms. The Hall–Kier alpha value is -0.960. The minimum atomic E-state index is 0.432. The molecular weight excluding hydrogens is 246 g/mol. The van der Waals surface area contributed by atoms with E-state index in [2.05, 4.69) is 34.6 Å². The van der Waals surface area contributed by atoms with Crippen LogP contribution in [-0.2, 0) is 6.54 Å². The summed E-state index contributed by atoms with van der Waals surface area (Å²) in [5.74, 6) is 2.42. The average molecular weight is 275 g/mol. The van der Waals surface area contributed by atoms with Crippen molar-refractivity contribution in [3.63, 3.8) is 0 Å². The number of hydrogen-bond acceptors (Lipinski definition) is 3. The Bertz CT molecular complexity index is 443. The number of hydrogen-bond donors (Lipinski definition) is 1. The molecule has 3 heteroatoms. The molecule has 0 bridgehead atoms. The first kappa shape index (κ1) is 15.4. The predicted molar refractivity (Wildman–Crippen MR) is 83.6 cm³/mol. The van der Waals surface area contributed by atoms with Crippen LogP contribution in [0.25, 0.3) is 0 Å². The molecule has 0 saturated heterocycles. The van der Waals surface area contributed by atoms with Crippen LogP contribution >= 0.6 is 0 Å². The fourth-order valence-corrected chi connectivity index (χ4v) is 3.46. The lowest BCUT2D eigenvalue weighted by Gasteiger charge is -2.36. The molecule has 0 amide bonds. The summed E-state index contributed by atoms with van der Waals surface area (Å²) < 4.78 is 0. The third kappa shape index (κ3) is 3.20. The molecule has 0 atom stereocenters. The molecule has 3 nitrogen and oxygen atoms in total. The molecule has 1 aromatic heterocycles. The normalized spacial score (nSPS) is 23.9. The lowest BCUT2D eigenvalue weighted by Crippen LogP contribution is -2.26. The molecule has 2 N–H and O–H groups in total. The van der Waals surface area contributed by atoms with E-state index in [0.717, 1.165) is 28.7 Å². The van der Waals surface area contributed by atoms with Crippen LogP contribution in [0.5, 0.6) is 0 Å². The summed E-state index contributed by atoms with van der Waals surface area (Å²) in [6.07, 6.45) is 5.05. The monoisotopic (exact) mass is 275 g/mol. The lowest BCUT2D eigenvalue weighted by molar-refractivity contribution is 0.167. The van der Waals surface area contributed by atoms with E-state index in [-0.39, 0.29) is 0 Å². The first-order valence-corrected chi connectivity index (χ1v) is 7.87. The van der Waals surface area contributed by atoms with E-state index in [1.807, 2.05) is 0 Å². The van der Waals surface area contributed by atoms with Gasteiger partial charge in [0.05, 0.1) is 0 Å². The van der Waals surface area contributed by atoms with Crippen LogP contribution in [0.2, 0.25) is 0 Å². The molecule has 0 radical (unpaired) electrons. The second kappa shape index (κ2) is 5.80. The van der Waals surface area contributed by atoms with Crippen LogP contribution in [0.3, 0.4) is 0 Å². The molecule has 1 aliphatic carbocycles. The second-order valence-corrected chi connectivity index (χ2v) is 7.35. The van der Waals surface area contributed by atoms with E-state index in [1.165, 1.54) is 25.7 Å². The molecule has 112 valence electrons.